The zero-order chi connectivity index (χ0) is 29.4. The summed E-state index contributed by atoms with van der Waals surface area (Å²) in [7, 11) is 2.04. The second-order valence-corrected chi connectivity index (χ2v) is 10.6. The first-order valence-corrected chi connectivity index (χ1v) is 14.0. The van der Waals surface area contributed by atoms with E-state index in [2.05, 4.69) is 25.5 Å². The second-order valence-electron chi connectivity index (χ2n) is 9.65. The molecule has 5 rings (SSSR count). The van der Waals surface area contributed by atoms with Gasteiger partial charge in [-0.1, -0.05) is 0 Å². The van der Waals surface area contributed by atoms with Gasteiger partial charge >= 0.3 is 5.97 Å². The van der Waals surface area contributed by atoms with Crippen LogP contribution in [0.25, 0.3) is 10.2 Å². The Bertz CT molecular complexity index is 1350. The normalized spacial score (nSPS) is 17.9. The summed E-state index contributed by atoms with van der Waals surface area (Å²) in [6.45, 7) is 4.63. The van der Waals surface area contributed by atoms with Gasteiger partial charge in [0.25, 0.3) is 5.91 Å². The van der Waals surface area contributed by atoms with E-state index >= 15 is 0 Å². The fraction of sp³-hybridized carbons (Fsp3) is 0.481. The van der Waals surface area contributed by atoms with Gasteiger partial charge in [0.05, 0.1) is 41.9 Å². The Hall–Kier alpha value is -3.46. The average molecular weight is 594 g/mol. The number of nitrogens with one attached hydrogen (secondary N) is 2. The van der Waals surface area contributed by atoms with Gasteiger partial charge in [-0.15, -0.1) is 11.3 Å². The molecule has 2 saturated heterocycles. The number of anilines is 2. The van der Waals surface area contributed by atoms with E-state index in [1.165, 1.54) is 29.8 Å². The number of aromatic nitrogens is 2. The van der Waals surface area contributed by atoms with Gasteiger partial charge in [-0.3, -0.25) is 4.79 Å². The minimum atomic E-state index is -1.41. The van der Waals surface area contributed by atoms with Crippen molar-refractivity contribution in [1.82, 2.24) is 20.2 Å². The zero-order valence-corrected chi connectivity index (χ0v) is 23.6. The number of carbonyl (C=O) groups is 2. The molecule has 3 N–H and O–H groups in total. The van der Waals surface area contributed by atoms with Crippen LogP contribution in [0.3, 0.4) is 0 Å². The molecular formula is C27H33F2N5O6S. The topological polar surface area (TPSA) is 135 Å². The van der Waals surface area contributed by atoms with E-state index in [-0.39, 0.29) is 23.9 Å². The number of alkyl halides is 1. The summed E-state index contributed by atoms with van der Waals surface area (Å²) in [6.07, 6.45) is 2.87. The monoisotopic (exact) mass is 593 g/mol. The number of ether oxygens (including phenoxy) is 3. The third-order valence-corrected chi connectivity index (χ3v) is 7.74. The first-order valence-electron chi connectivity index (χ1n) is 13.2. The minimum absolute atomic E-state index is 0.0352. The number of hydrogen-bond donors (Lipinski definition) is 3. The van der Waals surface area contributed by atoms with E-state index < -0.39 is 12.6 Å². The highest BCUT2D eigenvalue weighted by atomic mass is 32.1. The molecular weight excluding hydrogens is 560 g/mol. The van der Waals surface area contributed by atoms with Gasteiger partial charge in [0.1, 0.15) is 34.6 Å². The number of fused-ring (bicyclic) bond motifs is 1. The number of thiophene rings is 1. The maximum Gasteiger partial charge on any atom is 0.335 e. The predicted octanol–water partition coefficient (Wildman–Crippen LogP) is 3.54. The van der Waals surface area contributed by atoms with E-state index in [1.807, 2.05) is 14.0 Å². The lowest BCUT2D eigenvalue weighted by molar-refractivity contribution is -0.137. The van der Waals surface area contributed by atoms with Crippen LogP contribution in [0.5, 0.6) is 5.75 Å². The molecule has 2 fully saturated rings. The molecule has 0 saturated carbocycles. The fourth-order valence-corrected chi connectivity index (χ4v) is 5.52. The third-order valence-electron chi connectivity index (χ3n) is 6.54. The molecule has 4 heterocycles. The molecule has 1 aromatic carbocycles. The van der Waals surface area contributed by atoms with Crippen LogP contribution in [0.4, 0.5) is 20.3 Å². The maximum atomic E-state index is 14.1. The average Bonchev–Trinajstić information content (AvgIpc) is 3.31. The van der Waals surface area contributed by atoms with E-state index in [0.29, 0.717) is 53.3 Å². The van der Waals surface area contributed by atoms with Crippen molar-refractivity contribution in [3.8, 4) is 5.75 Å². The predicted molar refractivity (Wildman–Crippen MR) is 149 cm³/mol. The molecule has 222 valence electrons. The number of carboxylic acids is 1. The summed E-state index contributed by atoms with van der Waals surface area (Å²) in [4.78, 5) is 34.3. The highest BCUT2D eigenvalue weighted by molar-refractivity contribution is 7.20. The molecule has 2 aliphatic rings. The van der Waals surface area contributed by atoms with Gasteiger partial charge in [0, 0.05) is 38.5 Å². The second kappa shape index (κ2) is 14.4. The molecule has 14 heteroatoms. The number of carbonyl (C=O) groups excluding carboxylic acids is 1. The van der Waals surface area contributed by atoms with E-state index in [4.69, 9.17) is 24.1 Å². The summed E-state index contributed by atoms with van der Waals surface area (Å²) in [5.74, 6) is -1.01. The Morgan fingerprint density at radius 1 is 1.24 bits per heavy atom. The van der Waals surface area contributed by atoms with Crippen molar-refractivity contribution >= 4 is 44.9 Å². The molecule has 0 aliphatic carbocycles. The Kier molecular flexibility index (Phi) is 10.7. The smallest absolute Gasteiger partial charge is 0.335 e. The molecule has 1 amide bonds. The molecule has 1 atom stereocenters. The number of carboxylic acid groups (broad SMARTS) is 1. The van der Waals surface area contributed by atoms with Crippen molar-refractivity contribution < 1.29 is 37.7 Å². The van der Waals surface area contributed by atoms with Crippen LogP contribution < -0.4 is 15.4 Å². The van der Waals surface area contributed by atoms with Crippen LogP contribution in [0, 0.1) is 12.7 Å². The number of aliphatic carboxylic acids is 1. The SMILES string of the molecule is Cc1c(C(=O)NCC2CN(C)CCO2)sc2ncnc(Nc3ccc(F)cc3OC3CCOCC3)c12.O=C(O)CF. The lowest BCUT2D eigenvalue weighted by Crippen LogP contribution is -2.45. The number of benzene rings is 1. The molecule has 3 aromatic rings. The molecule has 2 aliphatic heterocycles. The van der Waals surface area contributed by atoms with Crippen molar-refractivity contribution in [2.45, 2.75) is 32.0 Å². The summed E-state index contributed by atoms with van der Waals surface area (Å²) in [5, 5.41) is 14.4. The largest absolute Gasteiger partial charge is 0.488 e. The molecule has 0 spiro atoms. The molecule has 2 aromatic heterocycles. The Balaban J connectivity index is 0.000000714. The van der Waals surface area contributed by atoms with Gasteiger partial charge in [0.2, 0.25) is 0 Å². The molecule has 0 radical (unpaired) electrons. The van der Waals surface area contributed by atoms with Crippen LogP contribution in [0.1, 0.15) is 28.1 Å². The Labute approximate surface area is 239 Å². The van der Waals surface area contributed by atoms with E-state index in [9.17, 15) is 13.6 Å². The van der Waals surface area contributed by atoms with Gasteiger partial charge in [-0.05, 0) is 31.7 Å². The van der Waals surface area contributed by atoms with Crippen molar-refractivity contribution in [2.24, 2.45) is 0 Å². The number of amides is 1. The highest BCUT2D eigenvalue weighted by Gasteiger charge is 2.23. The number of likely N-dealkylation sites (N-methyl/N-ethyl adjacent to an activating group) is 1. The summed E-state index contributed by atoms with van der Waals surface area (Å²) < 4.78 is 41.9. The number of aryl methyl sites for hydroxylation is 1. The summed E-state index contributed by atoms with van der Waals surface area (Å²) >= 11 is 1.32. The molecule has 41 heavy (non-hydrogen) atoms. The standard InChI is InChI=1S/C25H30FN5O4S.C2H3FO2/c1-15-21-23(30-19-4-3-16(26)11-20(19)35-17-5-8-33-9-6-17)28-14-29-25(21)36-22(15)24(32)27-12-18-13-31(2)7-10-34-18;3-1-2(4)5/h3-4,11,14,17-18H,5-10,12-13H2,1-2H3,(H,27,32)(H,28,29,30);1H2,(H,4,5). The highest BCUT2D eigenvalue weighted by Crippen LogP contribution is 2.37. The van der Waals surface area contributed by atoms with Crippen LogP contribution in [-0.4, -0.2) is 97.2 Å². The van der Waals surface area contributed by atoms with Crippen molar-refractivity contribution in [1.29, 1.82) is 0 Å². The number of nitrogens with zero attached hydrogens (tertiary/aromatic N) is 3. The minimum Gasteiger partial charge on any atom is -0.488 e. The first kappa shape index (κ1) is 30.5. The van der Waals surface area contributed by atoms with E-state index in [0.717, 1.165) is 36.9 Å². The third kappa shape index (κ3) is 8.28. The summed E-state index contributed by atoms with van der Waals surface area (Å²) in [6, 6.07) is 4.39. The first-order chi connectivity index (χ1) is 19.7. The van der Waals surface area contributed by atoms with Crippen molar-refractivity contribution in [3.05, 3.63) is 40.8 Å². The number of halogens is 2. The molecule has 1 unspecified atom stereocenters. The van der Waals surface area contributed by atoms with Crippen LogP contribution in [0.15, 0.2) is 24.5 Å². The molecule has 0 bridgehead atoms. The molecule has 11 nitrogen and oxygen atoms in total. The fourth-order valence-electron chi connectivity index (χ4n) is 4.46. The lowest BCUT2D eigenvalue weighted by Gasteiger charge is -2.30. The summed E-state index contributed by atoms with van der Waals surface area (Å²) in [5.41, 5.74) is 1.38. The van der Waals surface area contributed by atoms with Crippen molar-refractivity contribution in [3.63, 3.8) is 0 Å². The Morgan fingerprint density at radius 3 is 2.71 bits per heavy atom. The quantitative estimate of drug-likeness (QED) is 0.356. The van der Waals surface area contributed by atoms with E-state index in [1.54, 1.807) is 6.07 Å². The van der Waals surface area contributed by atoms with Crippen molar-refractivity contribution in [2.75, 3.05) is 58.5 Å². The van der Waals surface area contributed by atoms with Crippen LogP contribution in [-0.2, 0) is 14.3 Å². The van der Waals surface area contributed by atoms with Gasteiger partial charge in [-0.2, -0.15) is 0 Å². The Morgan fingerprint density at radius 2 is 2.00 bits per heavy atom. The number of morpholine rings is 1. The zero-order valence-electron chi connectivity index (χ0n) is 22.8. The van der Waals surface area contributed by atoms with Crippen LogP contribution >= 0.6 is 11.3 Å². The number of hydrogen-bond acceptors (Lipinski definition) is 10. The van der Waals surface area contributed by atoms with Gasteiger partial charge in [0.15, 0.2) is 6.67 Å². The number of rotatable bonds is 8. The van der Waals surface area contributed by atoms with Gasteiger partial charge in [-0.25, -0.2) is 23.5 Å². The van der Waals surface area contributed by atoms with Gasteiger partial charge < -0.3 is 34.9 Å². The lowest BCUT2D eigenvalue weighted by atomic mass is 10.1. The van der Waals surface area contributed by atoms with Crippen LogP contribution in [0.2, 0.25) is 0 Å². The maximum absolute atomic E-state index is 14.1.